The van der Waals surface area contributed by atoms with Gasteiger partial charge in [0.15, 0.2) is 0 Å². The molecule has 0 radical (unpaired) electrons. The van der Waals surface area contributed by atoms with Crippen LogP contribution in [0.5, 0.6) is 0 Å². The molecule has 58 valence electrons. The van der Waals surface area contributed by atoms with Crippen molar-refractivity contribution in [3.63, 3.8) is 0 Å². The largest absolute Gasteiger partial charge is 0.198 e. The van der Waals surface area contributed by atoms with E-state index in [0.717, 1.165) is 19.3 Å². The molecule has 1 rings (SSSR count). The second-order valence-corrected chi connectivity index (χ2v) is 3.09. The zero-order valence-corrected chi connectivity index (χ0v) is 6.71. The molecule has 0 amide bonds. The molecule has 0 bridgehead atoms. The summed E-state index contributed by atoms with van der Waals surface area (Å²) in [4.78, 5) is 0. The Kier molecular flexibility index (Phi) is 2.14. The molecular formula is C10H13N. The Morgan fingerprint density at radius 3 is 2.45 bits per heavy atom. The fourth-order valence-corrected chi connectivity index (χ4v) is 1.81. The third-order valence-corrected chi connectivity index (χ3v) is 2.67. The lowest BCUT2D eigenvalue weighted by Gasteiger charge is -2.23. The van der Waals surface area contributed by atoms with E-state index in [4.69, 9.17) is 5.26 Å². The fraction of sp³-hybridized carbons (Fsp3) is 0.500. The van der Waals surface area contributed by atoms with E-state index in [1.165, 1.54) is 0 Å². The molecule has 1 unspecified atom stereocenters. The highest BCUT2D eigenvalue weighted by atomic mass is 14.4. The van der Waals surface area contributed by atoms with E-state index in [0.29, 0.717) is 0 Å². The van der Waals surface area contributed by atoms with Crippen LogP contribution in [-0.4, -0.2) is 0 Å². The first-order chi connectivity index (χ1) is 5.29. The highest BCUT2D eigenvalue weighted by Gasteiger charge is 2.37. The summed E-state index contributed by atoms with van der Waals surface area (Å²) in [7, 11) is 0. The third kappa shape index (κ3) is 1.09. The lowest BCUT2D eigenvalue weighted by atomic mass is 9.79. The molecule has 1 atom stereocenters. The SMILES string of the molecule is C=CC1(C=C)CCCC1C#N. The van der Waals surface area contributed by atoms with Crippen LogP contribution in [0.15, 0.2) is 25.3 Å². The first kappa shape index (κ1) is 8.07. The summed E-state index contributed by atoms with van der Waals surface area (Å²) in [6, 6.07) is 2.31. The minimum atomic E-state index is -0.0885. The second kappa shape index (κ2) is 2.92. The van der Waals surface area contributed by atoms with Gasteiger partial charge in [-0.25, -0.2) is 0 Å². The van der Waals surface area contributed by atoms with Gasteiger partial charge in [-0.3, -0.25) is 0 Å². The molecule has 0 aliphatic heterocycles. The first-order valence-electron chi connectivity index (χ1n) is 3.96. The Morgan fingerprint density at radius 2 is 2.09 bits per heavy atom. The van der Waals surface area contributed by atoms with E-state index in [-0.39, 0.29) is 11.3 Å². The number of hydrogen-bond acceptors (Lipinski definition) is 1. The normalized spacial score (nSPS) is 27.4. The lowest BCUT2D eigenvalue weighted by molar-refractivity contribution is 0.431. The van der Waals surface area contributed by atoms with Gasteiger partial charge in [0.25, 0.3) is 0 Å². The molecule has 0 spiro atoms. The smallest absolute Gasteiger partial charge is 0.0668 e. The number of nitrogens with zero attached hydrogens (tertiary/aromatic N) is 1. The quantitative estimate of drug-likeness (QED) is 0.551. The van der Waals surface area contributed by atoms with Crippen molar-refractivity contribution in [3.8, 4) is 6.07 Å². The standard InChI is InChI=1S/C10H13N/c1-3-10(4-2)7-5-6-9(10)8-11/h3-4,9H,1-2,5-7H2. The lowest BCUT2D eigenvalue weighted by Crippen LogP contribution is -2.18. The fourth-order valence-electron chi connectivity index (χ4n) is 1.81. The molecule has 1 heteroatoms. The molecule has 0 aromatic rings. The highest BCUT2D eigenvalue weighted by molar-refractivity contribution is 5.17. The van der Waals surface area contributed by atoms with E-state index in [1.54, 1.807) is 0 Å². The van der Waals surface area contributed by atoms with Gasteiger partial charge in [0, 0.05) is 5.41 Å². The number of nitriles is 1. The highest BCUT2D eigenvalue weighted by Crippen LogP contribution is 2.44. The summed E-state index contributed by atoms with van der Waals surface area (Å²) in [6.07, 6.45) is 6.91. The van der Waals surface area contributed by atoms with Crippen LogP contribution in [0, 0.1) is 22.7 Å². The van der Waals surface area contributed by atoms with Gasteiger partial charge in [0.05, 0.1) is 12.0 Å². The van der Waals surface area contributed by atoms with Crippen molar-refractivity contribution in [2.24, 2.45) is 11.3 Å². The molecule has 0 aromatic carbocycles. The maximum Gasteiger partial charge on any atom is 0.0668 e. The molecule has 1 aliphatic rings. The van der Waals surface area contributed by atoms with Crippen LogP contribution in [0.2, 0.25) is 0 Å². The maximum absolute atomic E-state index is 8.82. The van der Waals surface area contributed by atoms with Crippen molar-refractivity contribution >= 4 is 0 Å². The topological polar surface area (TPSA) is 23.8 Å². The zero-order chi connectivity index (χ0) is 8.32. The summed E-state index contributed by atoms with van der Waals surface area (Å²) in [5.41, 5.74) is -0.0885. The van der Waals surface area contributed by atoms with E-state index in [1.807, 2.05) is 12.2 Å². The summed E-state index contributed by atoms with van der Waals surface area (Å²) in [5.74, 6) is 0.109. The molecule has 0 N–H and O–H groups in total. The zero-order valence-electron chi connectivity index (χ0n) is 6.71. The van der Waals surface area contributed by atoms with Crippen molar-refractivity contribution in [1.29, 1.82) is 5.26 Å². The molecule has 11 heavy (non-hydrogen) atoms. The van der Waals surface area contributed by atoms with Crippen molar-refractivity contribution in [2.45, 2.75) is 19.3 Å². The van der Waals surface area contributed by atoms with E-state index >= 15 is 0 Å². The third-order valence-electron chi connectivity index (χ3n) is 2.67. The van der Waals surface area contributed by atoms with Gasteiger partial charge >= 0.3 is 0 Å². The Morgan fingerprint density at radius 1 is 1.45 bits per heavy atom. The molecule has 0 aromatic heterocycles. The van der Waals surface area contributed by atoms with E-state index in [9.17, 15) is 0 Å². The molecule has 1 aliphatic carbocycles. The molecule has 1 fully saturated rings. The van der Waals surface area contributed by atoms with Crippen molar-refractivity contribution in [3.05, 3.63) is 25.3 Å². The Balaban J connectivity index is 2.90. The summed E-state index contributed by atoms with van der Waals surface area (Å²) >= 11 is 0. The number of allylic oxidation sites excluding steroid dienone is 2. The molecule has 1 nitrogen and oxygen atoms in total. The predicted octanol–water partition coefficient (Wildman–Crippen LogP) is 2.67. The predicted molar refractivity (Wildman–Crippen MR) is 45.8 cm³/mol. The van der Waals surface area contributed by atoms with Crippen molar-refractivity contribution in [1.82, 2.24) is 0 Å². The van der Waals surface area contributed by atoms with Crippen LogP contribution in [0.1, 0.15) is 19.3 Å². The minimum absolute atomic E-state index is 0.0885. The molecule has 0 heterocycles. The van der Waals surface area contributed by atoms with Crippen LogP contribution in [0.3, 0.4) is 0 Å². The van der Waals surface area contributed by atoms with E-state index < -0.39 is 0 Å². The van der Waals surface area contributed by atoms with Crippen LogP contribution in [0.25, 0.3) is 0 Å². The number of rotatable bonds is 2. The number of hydrogen-bond donors (Lipinski definition) is 0. The summed E-state index contributed by atoms with van der Waals surface area (Å²) < 4.78 is 0. The van der Waals surface area contributed by atoms with Gasteiger partial charge < -0.3 is 0 Å². The van der Waals surface area contributed by atoms with Crippen LogP contribution >= 0.6 is 0 Å². The van der Waals surface area contributed by atoms with Gasteiger partial charge in [0.1, 0.15) is 0 Å². The maximum atomic E-state index is 8.82. The molecule has 1 saturated carbocycles. The minimum Gasteiger partial charge on any atom is -0.198 e. The van der Waals surface area contributed by atoms with Gasteiger partial charge in [0.2, 0.25) is 0 Å². The Bertz CT molecular complexity index is 201. The summed E-state index contributed by atoms with van der Waals surface area (Å²) in [6.45, 7) is 7.52. The van der Waals surface area contributed by atoms with E-state index in [2.05, 4.69) is 19.2 Å². The second-order valence-electron chi connectivity index (χ2n) is 3.09. The molecular weight excluding hydrogens is 134 g/mol. The van der Waals surface area contributed by atoms with Crippen LogP contribution in [-0.2, 0) is 0 Å². The van der Waals surface area contributed by atoms with Crippen LogP contribution in [0.4, 0.5) is 0 Å². The van der Waals surface area contributed by atoms with Crippen LogP contribution < -0.4 is 0 Å². The molecule has 0 saturated heterocycles. The van der Waals surface area contributed by atoms with Gasteiger partial charge in [-0.15, -0.1) is 13.2 Å². The average Bonchev–Trinajstić information content (AvgIpc) is 2.47. The monoisotopic (exact) mass is 147 g/mol. The van der Waals surface area contributed by atoms with Gasteiger partial charge in [-0.05, 0) is 12.8 Å². The van der Waals surface area contributed by atoms with Gasteiger partial charge in [-0.2, -0.15) is 5.26 Å². The van der Waals surface area contributed by atoms with Crippen molar-refractivity contribution < 1.29 is 0 Å². The average molecular weight is 147 g/mol. The first-order valence-corrected chi connectivity index (χ1v) is 3.96. The van der Waals surface area contributed by atoms with Crippen molar-refractivity contribution in [2.75, 3.05) is 0 Å². The Hall–Kier alpha value is -1.03. The Labute approximate surface area is 68.0 Å². The summed E-state index contributed by atoms with van der Waals surface area (Å²) in [5, 5.41) is 8.82. The van der Waals surface area contributed by atoms with Gasteiger partial charge in [-0.1, -0.05) is 18.6 Å².